The van der Waals surface area contributed by atoms with Crippen LogP contribution >= 0.6 is 11.3 Å². The van der Waals surface area contributed by atoms with Crippen molar-refractivity contribution >= 4 is 11.3 Å². The van der Waals surface area contributed by atoms with Gasteiger partial charge in [0, 0.05) is 21.8 Å². The molecule has 0 unspecified atom stereocenters. The Hall–Kier alpha value is -0.380. The first kappa shape index (κ1) is 15.7. The second-order valence-electron chi connectivity index (χ2n) is 6.37. The number of thiophene rings is 1. The summed E-state index contributed by atoms with van der Waals surface area (Å²) >= 11 is 1.84. The van der Waals surface area contributed by atoms with E-state index in [1.165, 1.54) is 9.75 Å². The molecule has 1 aromatic heterocycles. The number of nitrogens with one attached hydrogen (secondary N) is 1. The molecule has 104 valence electrons. The van der Waals surface area contributed by atoms with Crippen LogP contribution in [0.2, 0.25) is 0 Å². The maximum absolute atomic E-state index is 5.91. The summed E-state index contributed by atoms with van der Waals surface area (Å²) in [5, 5.41) is 3.50. The van der Waals surface area contributed by atoms with Crippen LogP contribution in [0.4, 0.5) is 0 Å². The summed E-state index contributed by atoms with van der Waals surface area (Å²) in [4.78, 5) is 2.68. The van der Waals surface area contributed by atoms with Gasteiger partial charge in [-0.05, 0) is 53.2 Å². The second-order valence-corrected chi connectivity index (χ2v) is 7.63. The van der Waals surface area contributed by atoms with E-state index in [-0.39, 0.29) is 11.1 Å². The van der Waals surface area contributed by atoms with Crippen LogP contribution in [0.3, 0.4) is 0 Å². The van der Waals surface area contributed by atoms with Crippen molar-refractivity contribution in [2.75, 3.05) is 0 Å². The number of hydrogen-bond acceptors (Lipinski definition) is 3. The van der Waals surface area contributed by atoms with E-state index in [9.17, 15) is 0 Å². The fraction of sp³-hybridized carbons (Fsp3) is 0.733. The van der Waals surface area contributed by atoms with Gasteiger partial charge in [0.15, 0.2) is 0 Å². The van der Waals surface area contributed by atoms with Crippen molar-refractivity contribution in [3.8, 4) is 0 Å². The molecule has 0 atom stereocenters. The Morgan fingerprint density at radius 1 is 1.11 bits per heavy atom. The highest BCUT2D eigenvalue weighted by atomic mass is 32.1. The fourth-order valence-electron chi connectivity index (χ4n) is 1.32. The van der Waals surface area contributed by atoms with Crippen LogP contribution in [-0.2, 0) is 17.9 Å². The first-order valence-corrected chi connectivity index (χ1v) is 7.50. The molecule has 3 heteroatoms. The zero-order valence-electron chi connectivity index (χ0n) is 12.6. The van der Waals surface area contributed by atoms with Gasteiger partial charge in [-0.15, -0.1) is 11.3 Å². The van der Waals surface area contributed by atoms with E-state index >= 15 is 0 Å². The van der Waals surface area contributed by atoms with Crippen LogP contribution in [0.5, 0.6) is 0 Å². The summed E-state index contributed by atoms with van der Waals surface area (Å²) in [5.74, 6) is 0. The Labute approximate surface area is 116 Å². The van der Waals surface area contributed by atoms with Crippen LogP contribution in [0.1, 0.15) is 57.7 Å². The SMILES string of the molecule is CCC(C)(C)OCc1ccc(CNC(C)(C)C)s1. The van der Waals surface area contributed by atoms with Crippen LogP contribution < -0.4 is 5.32 Å². The summed E-state index contributed by atoms with van der Waals surface area (Å²) in [5.41, 5.74) is 0.151. The number of rotatable bonds is 6. The molecular formula is C15H27NOS. The maximum atomic E-state index is 5.91. The third-order valence-electron chi connectivity index (χ3n) is 2.97. The van der Waals surface area contributed by atoms with Gasteiger partial charge >= 0.3 is 0 Å². The van der Waals surface area contributed by atoms with E-state index in [4.69, 9.17) is 4.74 Å². The van der Waals surface area contributed by atoms with Gasteiger partial charge in [0.05, 0.1) is 12.2 Å². The Bertz CT molecular complexity index is 363. The zero-order valence-corrected chi connectivity index (χ0v) is 13.4. The molecule has 0 aliphatic heterocycles. The molecule has 0 aliphatic carbocycles. The van der Waals surface area contributed by atoms with Crippen molar-refractivity contribution < 1.29 is 4.74 Å². The molecule has 0 aromatic carbocycles. The third kappa shape index (κ3) is 5.98. The summed E-state index contributed by atoms with van der Waals surface area (Å²) in [7, 11) is 0. The highest BCUT2D eigenvalue weighted by Gasteiger charge is 2.16. The van der Waals surface area contributed by atoms with Crippen LogP contribution in [0.25, 0.3) is 0 Å². The van der Waals surface area contributed by atoms with Gasteiger partial charge < -0.3 is 10.1 Å². The quantitative estimate of drug-likeness (QED) is 0.829. The molecule has 0 aliphatic rings. The van der Waals surface area contributed by atoms with Crippen molar-refractivity contribution in [1.29, 1.82) is 0 Å². The van der Waals surface area contributed by atoms with Gasteiger partial charge in [-0.3, -0.25) is 0 Å². The van der Waals surface area contributed by atoms with E-state index in [0.29, 0.717) is 0 Å². The fourth-order valence-corrected chi connectivity index (χ4v) is 2.19. The largest absolute Gasteiger partial charge is 0.370 e. The van der Waals surface area contributed by atoms with Crippen molar-refractivity contribution in [2.24, 2.45) is 0 Å². The van der Waals surface area contributed by atoms with E-state index < -0.39 is 0 Å². The molecule has 0 saturated heterocycles. The third-order valence-corrected chi connectivity index (χ3v) is 4.03. The Morgan fingerprint density at radius 2 is 1.72 bits per heavy atom. The Balaban J connectivity index is 2.44. The van der Waals surface area contributed by atoms with E-state index in [0.717, 1.165) is 19.6 Å². The average molecular weight is 269 g/mol. The lowest BCUT2D eigenvalue weighted by Gasteiger charge is -2.23. The number of ether oxygens (including phenoxy) is 1. The smallest absolute Gasteiger partial charge is 0.0816 e. The second kappa shape index (κ2) is 6.18. The van der Waals surface area contributed by atoms with Crippen molar-refractivity contribution in [1.82, 2.24) is 5.32 Å². The summed E-state index contributed by atoms with van der Waals surface area (Å²) < 4.78 is 5.91. The first-order valence-electron chi connectivity index (χ1n) is 6.68. The molecule has 0 bridgehead atoms. The highest BCUT2D eigenvalue weighted by molar-refractivity contribution is 7.11. The minimum Gasteiger partial charge on any atom is -0.370 e. The van der Waals surface area contributed by atoms with Gasteiger partial charge in [-0.2, -0.15) is 0 Å². The predicted molar refractivity (Wildman–Crippen MR) is 80.1 cm³/mol. The normalized spacial score (nSPS) is 13.0. The molecule has 0 fully saturated rings. The van der Waals surface area contributed by atoms with Crippen LogP contribution in [0.15, 0.2) is 12.1 Å². The number of hydrogen-bond donors (Lipinski definition) is 1. The lowest BCUT2D eigenvalue weighted by Crippen LogP contribution is -2.34. The van der Waals surface area contributed by atoms with Crippen LogP contribution in [0, 0.1) is 0 Å². The minimum atomic E-state index is -0.0200. The van der Waals surface area contributed by atoms with E-state index in [2.05, 4.69) is 59.0 Å². The van der Waals surface area contributed by atoms with Gasteiger partial charge in [0.1, 0.15) is 0 Å². The average Bonchev–Trinajstić information content (AvgIpc) is 2.71. The lowest BCUT2D eigenvalue weighted by atomic mass is 10.1. The Kier molecular flexibility index (Phi) is 5.38. The minimum absolute atomic E-state index is 0.0200. The summed E-state index contributed by atoms with van der Waals surface area (Å²) in [6.45, 7) is 14.7. The van der Waals surface area contributed by atoms with Crippen molar-refractivity contribution in [2.45, 2.75) is 72.3 Å². The zero-order chi connectivity index (χ0) is 13.8. The summed E-state index contributed by atoms with van der Waals surface area (Å²) in [6, 6.07) is 4.37. The highest BCUT2D eigenvalue weighted by Crippen LogP contribution is 2.22. The van der Waals surface area contributed by atoms with Crippen molar-refractivity contribution in [3.05, 3.63) is 21.9 Å². The predicted octanol–water partition coefficient (Wildman–Crippen LogP) is 4.34. The van der Waals surface area contributed by atoms with E-state index in [1.54, 1.807) is 0 Å². The molecule has 18 heavy (non-hydrogen) atoms. The lowest BCUT2D eigenvalue weighted by molar-refractivity contribution is -0.0304. The molecule has 1 N–H and O–H groups in total. The topological polar surface area (TPSA) is 21.3 Å². The molecule has 0 radical (unpaired) electrons. The molecule has 2 nitrogen and oxygen atoms in total. The molecule has 1 aromatic rings. The molecule has 0 amide bonds. The van der Waals surface area contributed by atoms with Gasteiger partial charge in [-0.1, -0.05) is 6.92 Å². The molecular weight excluding hydrogens is 242 g/mol. The van der Waals surface area contributed by atoms with Gasteiger partial charge in [0.2, 0.25) is 0 Å². The van der Waals surface area contributed by atoms with Gasteiger partial charge in [0.25, 0.3) is 0 Å². The van der Waals surface area contributed by atoms with E-state index in [1.807, 2.05) is 11.3 Å². The van der Waals surface area contributed by atoms with Crippen LogP contribution in [-0.4, -0.2) is 11.1 Å². The standard InChI is InChI=1S/C15H27NOS/c1-7-15(5,6)17-11-13-9-8-12(18-13)10-16-14(2,3)4/h8-9,16H,7,10-11H2,1-6H3. The Morgan fingerprint density at radius 3 is 2.28 bits per heavy atom. The molecule has 1 rings (SSSR count). The maximum Gasteiger partial charge on any atom is 0.0816 e. The monoisotopic (exact) mass is 269 g/mol. The summed E-state index contributed by atoms with van der Waals surface area (Å²) in [6.07, 6.45) is 1.04. The molecule has 0 saturated carbocycles. The molecule has 1 heterocycles. The van der Waals surface area contributed by atoms with Gasteiger partial charge in [-0.25, -0.2) is 0 Å². The van der Waals surface area contributed by atoms with Crippen molar-refractivity contribution in [3.63, 3.8) is 0 Å². The first-order chi connectivity index (χ1) is 8.22. The molecule has 0 spiro atoms.